The minimum atomic E-state index is -0.806. The number of aliphatic hydroxyl groups is 1. The molecule has 0 unspecified atom stereocenters. The average Bonchev–Trinajstić information content (AvgIpc) is 2.12. The zero-order valence-corrected chi connectivity index (χ0v) is 7.41. The Labute approximate surface area is 75.8 Å². The fraction of sp³-hybridized carbons (Fsp3) is 0.714. The molecule has 0 saturated carbocycles. The summed E-state index contributed by atoms with van der Waals surface area (Å²) in [5.74, 6) is -0.609. The molecule has 76 valence electrons. The van der Waals surface area contributed by atoms with Crippen molar-refractivity contribution in [3.8, 4) is 0 Å². The largest absolute Gasteiger partial charge is 0.448 e. The van der Waals surface area contributed by atoms with E-state index in [0.717, 1.165) is 0 Å². The van der Waals surface area contributed by atoms with Gasteiger partial charge in [0.05, 0.1) is 13.0 Å². The molecule has 0 aliphatic heterocycles. The van der Waals surface area contributed by atoms with Crippen LogP contribution in [0.2, 0.25) is 0 Å². The smallest absolute Gasteiger partial charge is 0.440 e. The van der Waals surface area contributed by atoms with Gasteiger partial charge < -0.3 is 14.7 Å². The molecule has 0 rings (SSSR count). The number of hydrogen-bond acceptors (Lipinski definition) is 5. The van der Waals surface area contributed by atoms with E-state index < -0.39 is 12.1 Å². The number of nitrogens with one attached hydrogen (secondary N) is 1. The lowest BCUT2D eigenvalue weighted by molar-refractivity contribution is -0.150. The number of ether oxygens (including phenoxy) is 1. The molecular weight excluding hydrogens is 178 g/mol. The van der Waals surface area contributed by atoms with Crippen molar-refractivity contribution in [3.63, 3.8) is 0 Å². The van der Waals surface area contributed by atoms with Gasteiger partial charge in [-0.3, -0.25) is 0 Å². The van der Waals surface area contributed by atoms with Crippen molar-refractivity contribution in [2.75, 3.05) is 13.2 Å². The van der Waals surface area contributed by atoms with Crippen molar-refractivity contribution in [3.05, 3.63) is 0 Å². The summed E-state index contributed by atoms with van der Waals surface area (Å²) in [4.78, 5) is 25.6. The van der Waals surface area contributed by atoms with E-state index >= 15 is 0 Å². The second-order valence-corrected chi connectivity index (χ2v) is 2.12. The fourth-order valence-electron chi connectivity index (χ4n) is 0.534. The quantitative estimate of drug-likeness (QED) is 0.609. The standard InChI is InChI=1S/C7H13NO5/c1-2-12-7(11)8-13-6(10)4-3-5-9/h9H,2-5H2,1H3,(H,8,11). The Bertz CT molecular complexity index is 170. The highest BCUT2D eigenvalue weighted by Gasteiger charge is 2.05. The van der Waals surface area contributed by atoms with Crippen LogP contribution in [0.3, 0.4) is 0 Å². The Morgan fingerprint density at radius 3 is 2.69 bits per heavy atom. The highest BCUT2D eigenvalue weighted by molar-refractivity contribution is 5.72. The molecule has 0 atom stereocenters. The maximum absolute atomic E-state index is 10.7. The maximum atomic E-state index is 10.7. The fourth-order valence-corrected chi connectivity index (χ4v) is 0.534. The second-order valence-electron chi connectivity index (χ2n) is 2.12. The molecule has 0 saturated heterocycles. The van der Waals surface area contributed by atoms with E-state index in [1.54, 1.807) is 12.4 Å². The Morgan fingerprint density at radius 1 is 1.46 bits per heavy atom. The summed E-state index contributed by atoms with van der Waals surface area (Å²) in [6, 6.07) is 0. The van der Waals surface area contributed by atoms with Gasteiger partial charge in [-0.25, -0.2) is 9.59 Å². The Balaban J connectivity index is 3.40. The van der Waals surface area contributed by atoms with Gasteiger partial charge in [0, 0.05) is 6.61 Å². The van der Waals surface area contributed by atoms with E-state index in [4.69, 9.17) is 5.11 Å². The molecule has 0 bridgehead atoms. The van der Waals surface area contributed by atoms with Crippen LogP contribution in [0.1, 0.15) is 19.8 Å². The van der Waals surface area contributed by atoms with Gasteiger partial charge in [-0.15, -0.1) is 5.48 Å². The monoisotopic (exact) mass is 191 g/mol. The van der Waals surface area contributed by atoms with Gasteiger partial charge in [-0.1, -0.05) is 0 Å². The summed E-state index contributed by atoms with van der Waals surface area (Å²) in [6.07, 6.45) is -0.438. The van der Waals surface area contributed by atoms with Crippen LogP contribution in [0.4, 0.5) is 4.79 Å². The summed E-state index contributed by atoms with van der Waals surface area (Å²) >= 11 is 0. The third-order valence-corrected chi connectivity index (χ3v) is 1.06. The maximum Gasteiger partial charge on any atom is 0.440 e. The first-order valence-electron chi connectivity index (χ1n) is 3.94. The van der Waals surface area contributed by atoms with Gasteiger partial charge in [-0.2, -0.15) is 0 Å². The van der Waals surface area contributed by atoms with Crippen molar-refractivity contribution < 1.29 is 24.3 Å². The van der Waals surface area contributed by atoms with E-state index in [0.29, 0.717) is 6.42 Å². The van der Waals surface area contributed by atoms with Crippen LogP contribution in [0.15, 0.2) is 0 Å². The number of hydrogen-bond donors (Lipinski definition) is 2. The van der Waals surface area contributed by atoms with E-state index in [-0.39, 0.29) is 19.6 Å². The Kier molecular flexibility index (Phi) is 6.62. The predicted molar refractivity (Wildman–Crippen MR) is 42.6 cm³/mol. The topological polar surface area (TPSA) is 84.9 Å². The summed E-state index contributed by atoms with van der Waals surface area (Å²) in [5, 5.41) is 8.36. The number of carbonyl (C=O) groups is 2. The van der Waals surface area contributed by atoms with Gasteiger partial charge in [0.25, 0.3) is 0 Å². The lowest BCUT2D eigenvalue weighted by Crippen LogP contribution is -2.27. The van der Waals surface area contributed by atoms with Crippen LogP contribution in [0.5, 0.6) is 0 Å². The molecule has 0 radical (unpaired) electrons. The lowest BCUT2D eigenvalue weighted by atomic mass is 10.3. The molecule has 0 heterocycles. The van der Waals surface area contributed by atoms with Crippen LogP contribution in [0, 0.1) is 0 Å². The molecular formula is C7H13NO5. The molecule has 2 N–H and O–H groups in total. The summed E-state index contributed by atoms with van der Waals surface area (Å²) < 4.78 is 4.42. The molecule has 0 spiro atoms. The van der Waals surface area contributed by atoms with Gasteiger partial charge in [0.15, 0.2) is 0 Å². The Morgan fingerprint density at radius 2 is 2.15 bits per heavy atom. The van der Waals surface area contributed by atoms with Crippen LogP contribution in [-0.4, -0.2) is 30.4 Å². The molecule has 0 fully saturated rings. The highest BCUT2D eigenvalue weighted by Crippen LogP contribution is 1.89. The molecule has 0 aliphatic rings. The number of hydroxylamine groups is 1. The van der Waals surface area contributed by atoms with Gasteiger partial charge >= 0.3 is 12.1 Å². The zero-order chi connectivity index (χ0) is 10.1. The first kappa shape index (κ1) is 11.7. The second kappa shape index (κ2) is 7.35. The zero-order valence-electron chi connectivity index (χ0n) is 7.41. The molecule has 0 aromatic heterocycles. The minimum Gasteiger partial charge on any atom is -0.448 e. The number of amides is 1. The Hall–Kier alpha value is -1.30. The van der Waals surface area contributed by atoms with Gasteiger partial charge in [-0.05, 0) is 13.3 Å². The summed E-state index contributed by atoms with van der Waals surface area (Å²) in [6.45, 7) is 1.75. The molecule has 6 heteroatoms. The number of carbonyl (C=O) groups excluding carboxylic acids is 2. The SMILES string of the molecule is CCOC(=O)NOC(=O)CCCO. The number of rotatable bonds is 4. The first-order chi connectivity index (χ1) is 6.20. The number of aliphatic hydroxyl groups excluding tert-OH is 1. The first-order valence-corrected chi connectivity index (χ1v) is 3.94. The van der Waals surface area contributed by atoms with Gasteiger partial charge in [0.2, 0.25) is 0 Å². The van der Waals surface area contributed by atoms with Crippen LogP contribution >= 0.6 is 0 Å². The van der Waals surface area contributed by atoms with Crippen molar-refractivity contribution in [2.45, 2.75) is 19.8 Å². The van der Waals surface area contributed by atoms with Crippen molar-refractivity contribution in [2.24, 2.45) is 0 Å². The molecule has 13 heavy (non-hydrogen) atoms. The average molecular weight is 191 g/mol. The molecule has 6 nitrogen and oxygen atoms in total. The van der Waals surface area contributed by atoms with Crippen LogP contribution < -0.4 is 5.48 Å². The normalized spacial score (nSPS) is 9.08. The summed E-state index contributed by atoms with van der Waals surface area (Å²) in [5.41, 5.74) is 1.80. The molecule has 0 aromatic carbocycles. The molecule has 0 aromatic rings. The van der Waals surface area contributed by atoms with Gasteiger partial charge in [0.1, 0.15) is 0 Å². The van der Waals surface area contributed by atoms with E-state index in [9.17, 15) is 9.59 Å². The van der Waals surface area contributed by atoms with Crippen molar-refractivity contribution in [1.29, 1.82) is 0 Å². The van der Waals surface area contributed by atoms with E-state index in [1.807, 2.05) is 0 Å². The van der Waals surface area contributed by atoms with E-state index in [1.165, 1.54) is 0 Å². The van der Waals surface area contributed by atoms with Crippen molar-refractivity contribution >= 4 is 12.1 Å². The third-order valence-electron chi connectivity index (χ3n) is 1.06. The third kappa shape index (κ3) is 7.07. The molecule has 0 aliphatic carbocycles. The summed E-state index contributed by atoms with van der Waals surface area (Å²) in [7, 11) is 0. The molecule has 1 amide bonds. The highest BCUT2D eigenvalue weighted by atomic mass is 16.7. The predicted octanol–water partition coefficient (Wildman–Crippen LogP) is -0.0368. The van der Waals surface area contributed by atoms with Crippen molar-refractivity contribution in [1.82, 2.24) is 5.48 Å². The van der Waals surface area contributed by atoms with Crippen LogP contribution in [0.25, 0.3) is 0 Å². The lowest BCUT2D eigenvalue weighted by Gasteiger charge is -2.04. The minimum absolute atomic E-state index is 0.0584. The van der Waals surface area contributed by atoms with E-state index in [2.05, 4.69) is 9.57 Å². The van der Waals surface area contributed by atoms with Crippen LogP contribution in [-0.2, 0) is 14.4 Å².